The molecule has 0 fully saturated rings. The third-order valence-corrected chi connectivity index (χ3v) is 2.34. The van der Waals surface area contributed by atoms with Crippen molar-refractivity contribution < 1.29 is 14.6 Å². The molecule has 0 saturated heterocycles. The molecule has 0 spiro atoms. The van der Waals surface area contributed by atoms with Gasteiger partial charge in [0, 0.05) is 0 Å². The summed E-state index contributed by atoms with van der Waals surface area (Å²) >= 11 is 5.80. The smallest absolute Gasteiger partial charge is 0.259 e. The summed E-state index contributed by atoms with van der Waals surface area (Å²) in [6.07, 6.45) is 1.27. The number of primary amides is 1. The molecule has 0 aliphatic carbocycles. The molecule has 0 bridgehead atoms. The Labute approximate surface area is 109 Å². The van der Waals surface area contributed by atoms with Gasteiger partial charge >= 0.3 is 0 Å². The van der Waals surface area contributed by atoms with Crippen LogP contribution in [-0.4, -0.2) is 17.6 Å². The van der Waals surface area contributed by atoms with E-state index >= 15 is 0 Å². The van der Waals surface area contributed by atoms with Gasteiger partial charge in [-0.15, -0.1) is 0 Å². The van der Waals surface area contributed by atoms with Crippen LogP contribution >= 0.6 is 11.6 Å². The van der Waals surface area contributed by atoms with E-state index in [1.165, 1.54) is 18.2 Å². The zero-order valence-electron chi connectivity index (χ0n) is 9.61. The lowest BCUT2D eigenvalue weighted by molar-refractivity contribution is -0.114. The summed E-state index contributed by atoms with van der Waals surface area (Å²) in [4.78, 5) is 10.9. The predicted octanol–water partition coefficient (Wildman–Crippen LogP) is 1.84. The third kappa shape index (κ3) is 3.15. The number of hydrogen-bond donors (Lipinski definition) is 2. The number of phenolic OH excluding ortho intramolecular Hbond substituents is 1. The molecule has 5 nitrogen and oxygen atoms in total. The van der Waals surface area contributed by atoms with Gasteiger partial charge in [-0.3, -0.25) is 4.79 Å². The van der Waals surface area contributed by atoms with E-state index in [4.69, 9.17) is 27.3 Å². The van der Waals surface area contributed by atoms with Crippen LogP contribution in [0.3, 0.4) is 0 Å². The van der Waals surface area contributed by atoms with Gasteiger partial charge in [0.05, 0.1) is 11.6 Å². The third-order valence-electron chi connectivity index (χ3n) is 2.05. The topological polar surface area (TPSA) is 96.3 Å². The van der Waals surface area contributed by atoms with Crippen LogP contribution in [0.5, 0.6) is 11.5 Å². The quantitative estimate of drug-likeness (QED) is 0.642. The Bertz CT molecular complexity index is 547. The van der Waals surface area contributed by atoms with Gasteiger partial charge < -0.3 is 15.6 Å². The zero-order valence-corrected chi connectivity index (χ0v) is 10.4. The second-order valence-electron chi connectivity index (χ2n) is 3.32. The average Bonchev–Trinajstić information content (AvgIpc) is 2.32. The lowest BCUT2D eigenvalue weighted by atomic mass is 10.1. The second-order valence-corrected chi connectivity index (χ2v) is 3.72. The molecular formula is C12H11ClN2O3. The fraction of sp³-hybridized carbons (Fsp3) is 0.167. The molecule has 0 heterocycles. The largest absolute Gasteiger partial charge is 0.503 e. The fourth-order valence-electron chi connectivity index (χ4n) is 1.27. The number of nitrogens with two attached hydrogens (primary N) is 1. The van der Waals surface area contributed by atoms with Crippen molar-refractivity contribution in [3.8, 4) is 17.6 Å². The fourth-order valence-corrected chi connectivity index (χ4v) is 1.49. The van der Waals surface area contributed by atoms with E-state index < -0.39 is 5.91 Å². The van der Waals surface area contributed by atoms with Crippen LogP contribution in [0.25, 0.3) is 6.08 Å². The van der Waals surface area contributed by atoms with Gasteiger partial charge in [-0.05, 0) is 30.7 Å². The van der Waals surface area contributed by atoms with Crippen molar-refractivity contribution in [2.75, 3.05) is 6.61 Å². The van der Waals surface area contributed by atoms with Crippen molar-refractivity contribution in [2.24, 2.45) is 5.73 Å². The molecule has 1 aromatic carbocycles. The first-order chi connectivity index (χ1) is 8.49. The van der Waals surface area contributed by atoms with Gasteiger partial charge in [-0.1, -0.05) is 11.6 Å². The highest BCUT2D eigenvalue weighted by Crippen LogP contribution is 2.35. The van der Waals surface area contributed by atoms with Crippen LogP contribution in [-0.2, 0) is 4.79 Å². The maximum absolute atomic E-state index is 10.9. The van der Waals surface area contributed by atoms with Crippen molar-refractivity contribution in [2.45, 2.75) is 6.92 Å². The monoisotopic (exact) mass is 266 g/mol. The van der Waals surface area contributed by atoms with E-state index in [1.807, 2.05) is 0 Å². The molecule has 94 valence electrons. The molecular weight excluding hydrogens is 256 g/mol. The summed E-state index contributed by atoms with van der Waals surface area (Å²) in [6, 6.07) is 4.54. The van der Waals surface area contributed by atoms with Crippen molar-refractivity contribution >= 4 is 23.6 Å². The Morgan fingerprint density at radius 3 is 2.83 bits per heavy atom. The molecule has 0 atom stereocenters. The van der Waals surface area contributed by atoms with Crippen molar-refractivity contribution in [1.29, 1.82) is 5.26 Å². The number of nitrogens with zero attached hydrogens (tertiary/aromatic N) is 1. The zero-order chi connectivity index (χ0) is 13.7. The minimum atomic E-state index is -0.834. The lowest BCUT2D eigenvalue weighted by Crippen LogP contribution is -2.12. The summed E-state index contributed by atoms with van der Waals surface area (Å²) in [7, 11) is 0. The Kier molecular flexibility index (Phi) is 4.58. The first-order valence-corrected chi connectivity index (χ1v) is 5.44. The number of hydrogen-bond acceptors (Lipinski definition) is 4. The normalized spacial score (nSPS) is 10.8. The van der Waals surface area contributed by atoms with Gasteiger partial charge in [0.25, 0.3) is 5.91 Å². The van der Waals surface area contributed by atoms with Crippen LogP contribution in [0.2, 0.25) is 5.02 Å². The molecule has 18 heavy (non-hydrogen) atoms. The first kappa shape index (κ1) is 13.9. The van der Waals surface area contributed by atoms with Gasteiger partial charge in [-0.25, -0.2) is 0 Å². The minimum absolute atomic E-state index is 0.0639. The maximum Gasteiger partial charge on any atom is 0.259 e. The average molecular weight is 267 g/mol. The molecule has 3 N–H and O–H groups in total. The van der Waals surface area contributed by atoms with Crippen molar-refractivity contribution in [1.82, 2.24) is 0 Å². The highest BCUT2D eigenvalue weighted by atomic mass is 35.5. The Morgan fingerprint density at radius 2 is 2.33 bits per heavy atom. The molecule has 0 saturated carbocycles. The minimum Gasteiger partial charge on any atom is -0.503 e. The van der Waals surface area contributed by atoms with Crippen LogP contribution in [0.1, 0.15) is 12.5 Å². The maximum atomic E-state index is 10.9. The standard InChI is InChI=1S/C12H11ClN2O3/c1-2-18-10-5-7(4-9(13)11(10)16)3-8(6-14)12(15)17/h3-5,16H,2H2,1H3,(H2,15,17)/b8-3+. The van der Waals surface area contributed by atoms with Crippen LogP contribution < -0.4 is 10.5 Å². The lowest BCUT2D eigenvalue weighted by Gasteiger charge is -2.08. The van der Waals surface area contributed by atoms with Crippen molar-refractivity contribution in [3.63, 3.8) is 0 Å². The Balaban J connectivity index is 3.27. The number of benzene rings is 1. The number of rotatable bonds is 4. The van der Waals surface area contributed by atoms with Crippen molar-refractivity contribution in [3.05, 3.63) is 28.3 Å². The number of phenols is 1. The summed E-state index contributed by atoms with van der Waals surface area (Å²) in [5.74, 6) is -0.842. The molecule has 0 radical (unpaired) electrons. The van der Waals surface area contributed by atoms with E-state index in [0.717, 1.165) is 0 Å². The van der Waals surface area contributed by atoms with E-state index in [1.54, 1.807) is 13.0 Å². The molecule has 1 aromatic rings. The number of halogens is 1. The second kappa shape index (κ2) is 5.94. The van der Waals surface area contributed by atoms with Crippen LogP contribution in [0.15, 0.2) is 17.7 Å². The Morgan fingerprint density at radius 1 is 1.67 bits per heavy atom. The van der Waals surface area contributed by atoms with Gasteiger partial charge in [0.15, 0.2) is 11.5 Å². The number of nitriles is 1. The van der Waals surface area contributed by atoms with E-state index in [9.17, 15) is 9.90 Å². The number of aromatic hydroxyl groups is 1. The van der Waals surface area contributed by atoms with Gasteiger partial charge in [-0.2, -0.15) is 5.26 Å². The van der Waals surface area contributed by atoms with E-state index in [2.05, 4.69) is 0 Å². The SMILES string of the molecule is CCOc1cc(/C=C(\C#N)C(N)=O)cc(Cl)c1O. The molecule has 0 aromatic heterocycles. The van der Waals surface area contributed by atoms with Gasteiger partial charge in [0.2, 0.25) is 0 Å². The number of ether oxygens (including phenoxy) is 1. The highest BCUT2D eigenvalue weighted by Gasteiger charge is 2.10. The summed E-state index contributed by atoms with van der Waals surface area (Å²) in [5, 5.41) is 18.4. The Hall–Kier alpha value is -2.19. The summed E-state index contributed by atoms with van der Waals surface area (Å²) < 4.78 is 5.17. The van der Waals surface area contributed by atoms with Gasteiger partial charge in [0.1, 0.15) is 11.6 Å². The summed E-state index contributed by atoms with van der Waals surface area (Å²) in [6.45, 7) is 2.10. The molecule has 1 rings (SSSR count). The van der Waals surface area contributed by atoms with E-state index in [0.29, 0.717) is 12.2 Å². The molecule has 0 unspecified atom stereocenters. The first-order valence-electron chi connectivity index (χ1n) is 5.06. The summed E-state index contributed by atoms with van der Waals surface area (Å²) in [5.41, 5.74) is 5.25. The number of amides is 1. The molecule has 0 aliphatic heterocycles. The molecule has 1 amide bonds. The van der Waals surface area contributed by atoms with Crippen LogP contribution in [0, 0.1) is 11.3 Å². The highest BCUT2D eigenvalue weighted by molar-refractivity contribution is 6.32. The predicted molar refractivity (Wildman–Crippen MR) is 67.1 cm³/mol. The van der Waals surface area contributed by atoms with Crippen LogP contribution in [0.4, 0.5) is 0 Å². The number of carbonyl (C=O) groups excluding carboxylic acids is 1. The molecule has 6 heteroatoms. The van der Waals surface area contributed by atoms with E-state index in [-0.39, 0.29) is 22.1 Å². The molecule has 0 aliphatic rings. The number of carbonyl (C=O) groups is 1.